The molecule has 2 aliphatic heterocycles. The number of anilines is 2. The second-order valence-corrected chi connectivity index (χ2v) is 10.9. The van der Waals surface area contributed by atoms with Crippen LogP contribution in [0.25, 0.3) is 0 Å². The molecule has 3 aromatic carbocycles. The molecule has 0 radical (unpaired) electrons. The molecule has 0 amide bonds. The first-order valence-electron chi connectivity index (χ1n) is 11.5. The van der Waals surface area contributed by atoms with E-state index in [1.54, 1.807) is 6.07 Å². The Kier molecular flexibility index (Phi) is 4.85. The van der Waals surface area contributed by atoms with E-state index >= 15 is 0 Å². The van der Waals surface area contributed by atoms with Crippen molar-refractivity contribution in [2.75, 3.05) is 16.8 Å². The lowest BCUT2D eigenvalue weighted by molar-refractivity contribution is 0.174. The molecule has 0 saturated heterocycles. The van der Waals surface area contributed by atoms with E-state index in [2.05, 4.69) is 28.3 Å². The van der Waals surface area contributed by atoms with Crippen LogP contribution in [0.4, 0.5) is 11.4 Å². The fraction of sp³-hybridized carbons (Fsp3) is 0.259. The third-order valence-corrected chi connectivity index (χ3v) is 8.39. The molecule has 7 heteroatoms. The van der Waals surface area contributed by atoms with E-state index in [1.165, 1.54) is 0 Å². The van der Waals surface area contributed by atoms with Gasteiger partial charge < -0.3 is 14.8 Å². The number of rotatable bonds is 4. The molecule has 6 nitrogen and oxygen atoms in total. The van der Waals surface area contributed by atoms with Gasteiger partial charge in [-0.25, -0.2) is 8.42 Å². The van der Waals surface area contributed by atoms with Crippen molar-refractivity contribution < 1.29 is 17.9 Å². The molecule has 3 aliphatic rings. The summed E-state index contributed by atoms with van der Waals surface area (Å²) in [4.78, 5) is 0.272. The van der Waals surface area contributed by atoms with E-state index in [1.807, 2.05) is 56.3 Å². The topological polar surface area (TPSA) is 76.7 Å². The van der Waals surface area contributed by atoms with Crippen LogP contribution >= 0.6 is 0 Å². The maximum atomic E-state index is 13.2. The molecule has 0 spiro atoms. The number of hydrogen-bond acceptors (Lipinski definition) is 5. The zero-order valence-electron chi connectivity index (χ0n) is 19.0. The molecule has 0 unspecified atom stereocenters. The SMILES string of the molecule is Cc1ccc(NS(=O)(=O)c2ccc3c(c2)[C@H]2C=CC[C@H]2[C@@H](c2ccc4c(c2)OCO4)N3)c(C)c1. The summed E-state index contributed by atoms with van der Waals surface area (Å²) in [5, 5.41) is 3.67. The van der Waals surface area contributed by atoms with E-state index in [9.17, 15) is 8.42 Å². The van der Waals surface area contributed by atoms with Crippen LogP contribution in [0.3, 0.4) is 0 Å². The lowest BCUT2D eigenvalue weighted by Gasteiger charge is -2.37. The second-order valence-electron chi connectivity index (χ2n) is 9.26. The predicted octanol–water partition coefficient (Wildman–Crippen LogP) is 5.66. The maximum Gasteiger partial charge on any atom is 0.261 e. The van der Waals surface area contributed by atoms with Gasteiger partial charge in [0.1, 0.15) is 0 Å². The van der Waals surface area contributed by atoms with Crippen LogP contribution in [0, 0.1) is 19.8 Å². The molecular weight excluding hydrogens is 448 g/mol. The van der Waals surface area contributed by atoms with Crippen molar-refractivity contribution in [3.8, 4) is 11.5 Å². The van der Waals surface area contributed by atoms with Crippen molar-refractivity contribution in [2.24, 2.45) is 5.92 Å². The standard InChI is InChI=1S/C27H26N2O4S/c1-16-6-9-23(17(2)12-16)29-34(30,31)19-8-10-24-22(14-19)20-4-3-5-21(20)27(28-24)18-7-11-25-26(13-18)33-15-32-25/h3-4,6-14,20-21,27-29H,5,15H2,1-2H3/t20-,21+,27+/m0/s1. The second kappa shape index (κ2) is 7.81. The van der Waals surface area contributed by atoms with Crippen molar-refractivity contribution in [1.29, 1.82) is 0 Å². The third kappa shape index (κ3) is 3.51. The first-order chi connectivity index (χ1) is 16.4. The Bertz CT molecular complexity index is 1430. The summed E-state index contributed by atoms with van der Waals surface area (Å²) in [7, 11) is -3.72. The molecule has 3 aromatic rings. The van der Waals surface area contributed by atoms with Gasteiger partial charge >= 0.3 is 0 Å². The minimum atomic E-state index is -3.72. The van der Waals surface area contributed by atoms with Crippen molar-refractivity contribution in [2.45, 2.75) is 37.1 Å². The molecule has 2 N–H and O–H groups in total. The average molecular weight is 475 g/mol. The Morgan fingerprint density at radius 1 is 0.971 bits per heavy atom. The van der Waals surface area contributed by atoms with Gasteiger partial charge in [0.15, 0.2) is 11.5 Å². The van der Waals surface area contributed by atoms with E-state index in [0.717, 1.165) is 45.9 Å². The number of hydrogen-bond donors (Lipinski definition) is 2. The summed E-state index contributed by atoms with van der Waals surface area (Å²) in [6.45, 7) is 4.15. The van der Waals surface area contributed by atoms with E-state index < -0.39 is 10.0 Å². The number of aryl methyl sites for hydroxylation is 2. The number of nitrogens with one attached hydrogen (secondary N) is 2. The zero-order chi connectivity index (χ0) is 23.4. The zero-order valence-corrected chi connectivity index (χ0v) is 19.9. The summed E-state index contributed by atoms with van der Waals surface area (Å²) >= 11 is 0. The Labute approximate surface area is 199 Å². The summed E-state index contributed by atoms with van der Waals surface area (Å²) in [5.41, 5.74) is 5.70. The van der Waals surface area contributed by atoms with Gasteiger partial charge in [0.25, 0.3) is 10.0 Å². The quantitative estimate of drug-likeness (QED) is 0.477. The van der Waals surface area contributed by atoms with Crippen LogP contribution in [-0.4, -0.2) is 15.2 Å². The van der Waals surface area contributed by atoms with Crippen LogP contribution in [0.15, 0.2) is 71.6 Å². The number of benzene rings is 3. The number of sulfonamides is 1. The smallest absolute Gasteiger partial charge is 0.261 e. The van der Waals surface area contributed by atoms with Gasteiger partial charge in [-0.3, -0.25) is 4.72 Å². The summed E-state index contributed by atoms with van der Waals surface area (Å²) in [5.74, 6) is 1.97. The molecule has 0 bridgehead atoms. The maximum absolute atomic E-state index is 13.2. The van der Waals surface area contributed by atoms with Crippen molar-refractivity contribution in [1.82, 2.24) is 0 Å². The molecule has 1 aliphatic carbocycles. The van der Waals surface area contributed by atoms with E-state index in [0.29, 0.717) is 5.69 Å². The number of ether oxygens (including phenoxy) is 2. The largest absolute Gasteiger partial charge is 0.454 e. The highest BCUT2D eigenvalue weighted by Crippen LogP contribution is 2.51. The molecule has 0 aromatic heterocycles. The minimum absolute atomic E-state index is 0.0952. The monoisotopic (exact) mass is 474 g/mol. The Hall–Kier alpha value is -3.45. The van der Waals surface area contributed by atoms with Crippen molar-refractivity contribution >= 4 is 21.4 Å². The lowest BCUT2D eigenvalue weighted by Crippen LogP contribution is -2.29. The van der Waals surface area contributed by atoms with Gasteiger partial charge in [-0.15, -0.1) is 0 Å². The molecule has 0 fully saturated rings. The van der Waals surface area contributed by atoms with Gasteiger partial charge in [0, 0.05) is 11.6 Å². The van der Waals surface area contributed by atoms with Crippen molar-refractivity contribution in [3.05, 3.63) is 89.0 Å². The first-order valence-corrected chi connectivity index (χ1v) is 12.9. The average Bonchev–Trinajstić information content (AvgIpc) is 3.49. The highest BCUT2D eigenvalue weighted by atomic mass is 32.2. The summed E-state index contributed by atoms with van der Waals surface area (Å²) in [6.07, 6.45) is 5.33. The fourth-order valence-electron chi connectivity index (χ4n) is 5.31. The van der Waals surface area contributed by atoms with Crippen LogP contribution in [-0.2, 0) is 10.0 Å². The summed E-state index contributed by atoms with van der Waals surface area (Å²) < 4.78 is 40.3. The molecule has 3 atom stereocenters. The normalized spacial score (nSPS) is 22.1. The molecular formula is C27H26N2O4S. The van der Waals surface area contributed by atoms with Gasteiger partial charge in [0.05, 0.1) is 16.6 Å². The van der Waals surface area contributed by atoms with Crippen LogP contribution in [0.1, 0.15) is 40.6 Å². The first kappa shape index (κ1) is 21.1. The van der Waals surface area contributed by atoms with Gasteiger partial charge in [-0.05, 0) is 79.3 Å². The van der Waals surface area contributed by atoms with Gasteiger partial charge in [-0.2, -0.15) is 0 Å². The van der Waals surface area contributed by atoms with Crippen LogP contribution < -0.4 is 19.5 Å². The predicted molar refractivity (Wildman–Crippen MR) is 132 cm³/mol. The van der Waals surface area contributed by atoms with E-state index in [4.69, 9.17) is 9.47 Å². The van der Waals surface area contributed by atoms with Gasteiger partial charge in [0.2, 0.25) is 6.79 Å². The molecule has 2 heterocycles. The highest BCUT2D eigenvalue weighted by Gasteiger charge is 2.39. The minimum Gasteiger partial charge on any atom is -0.454 e. The molecule has 6 rings (SSSR count). The van der Waals surface area contributed by atoms with Crippen LogP contribution in [0.5, 0.6) is 11.5 Å². The Morgan fingerprint density at radius 2 is 1.82 bits per heavy atom. The number of fused-ring (bicyclic) bond motifs is 4. The third-order valence-electron chi connectivity index (χ3n) is 7.03. The lowest BCUT2D eigenvalue weighted by atomic mass is 9.77. The van der Waals surface area contributed by atoms with Crippen molar-refractivity contribution in [3.63, 3.8) is 0 Å². The molecule has 174 valence electrons. The molecule has 34 heavy (non-hydrogen) atoms. The summed E-state index contributed by atoms with van der Waals surface area (Å²) in [6, 6.07) is 17.3. The van der Waals surface area contributed by atoms with E-state index in [-0.39, 0.29) is 29.6 Å². The molecule has 0 saturated carbocycles. The Balaban J connectivity index is 1.33. The van der Waals surface area contributed by atoms with Gasteiger partial charge in [-0.1, -0.05) is 35.9 Å². The van der Waals surface area contributed by atoms with Crippen LogP contribution in [0.2, 0.25) is 0 Å². The highest BCUT2D eigenvalue weighted by molar-refractivity contribution is 7.92. The Morgan fingerprint density at radius 3 is 2.68 bits per heavy atom. The fourth-order valence-corrected chi connectivity index (χ4v) is 6.47. The number of allylic oxidation sites excluding steroid dienone is 2.